The molecule has 3 nitrogen and oxygen atoms in total. The van der Waals surface area contributed by atoms with Gasteiger partial charge in [-0.3, -0.25) is 0 Å². The average molecular weight is 324 g/mol. The first-order valence-electron chi connectivity index (χ1n) is 6.30. The highest BCUT2D eigenvalue weighted by Gasteiger charge is 2.18. The Morgan fingerprint density at radius 3 is 2.63 bits per heavy atom. The number of nitrogens with one attached hydrogen (secondary N) is 1. The van der Waals surface area contributed by atoms with Crippen molar-refractivity contribution in [2.45, 2.75) is 19.9 Å². The normalized spacial score (nSPS) is 12.4. The number of hydrogen-bond donors (Lipinski definition) is 1. The minimum Gasteiger partial charge on any atom is -0.494 e. The molecule has 0 aliphatic heterocycles. The summed E-state index contributed by atoms with van der Waals surface area (Å²) in [6.45, 7) is 4.62. The van der Waals surface area contributed by atoms with Gasteiger partial charge in [0.05, 0.1) is 18.9 Å². The van der Waals surface area contributed by atoms with Crippen molar-refractivity contribution in [3.8, 4) is 5.75 Å². The van der Waals surface area contributed by atoms with Crippen molar-refractivity contribution in [3.05, 3.63) is 51.9 Å². The largest absolute Gasteiger partial charge is 0.494 e. The quantitative estimate of drug-likeness (QED) is 0.901. The zero-order valence-corrected chi connectivity index (χ0v) is 13.0. The third kappa shape index (κ3) is 3.01. The second-order valence-corrected chi connectivity index (χ2v) is 5.12. The Morgan fingerprint density at radius 2 is 2.11 bits per heavy atom. The summed E-state index contributed by atoms with van der Waals surface area (Å²) in [5.74, 6) is 1.80. The van der Waals surface area contributed by atoms with E-state index in [2.05, 4.69) is 27.3 Å². The Morgan fingerprint density at radius 1 is 1.32 bits per heavy atom. The molecule has 0 aliphatic carbocycles. The molecule has 102 valence electrons. The molecule has 1 aromatic carbocycles. The molecule has 1 aromatic heterocycles. The van der Waals surface area contributed by atoms with Gasteiger partial charge >= 0.3 is 0 Å². The van der Waals surface area contributed by atoms with Crippen molar-refractivity contribution in [3.63, 3.8) is 0 Å². The molecule has 1 unspecified atom stereocenters. The van der Waals surface area contributed by atoms with Crippen LogP contribution in [0.25, 0.3) is 0 Å². The molecule has 0 aliphatic rings. The first kappa shape index (κ1) is 14.2. The van der Waals surface area contributed by atoms with Crippen LogP contribution in [-0.2, 0) is 0 Å². The fraction of sp³-hybridized carbons (Fsp3) is 0.333. The van der Waals surface area contributed by atoms with Crippen LogP contribution in [0.3, 0.4) is 0 Å². The van der Waals surface area contributed by atoms with Gasteiger partial charge in [-0.2, -0.15) is 0 Å². The monoisotopic (exact) mass is 323 g/mol. The summed E-state index contributed by atoms with van der Waals surface area (Å²) in [6.07, 6.45) is 1.72. The SMILES string of the molecule is CCOc1ccc(C(NC)c2ccoc2C)c(Br)c1. The van der Waals surface area contributed by atoms with Crippen molar-refractivity contribution in [2.24, 2.45) is 0 Å². The van der Waals surface area contributed by atoms with Gasteiger partial charge in [-0.05, 0) is 44.7 Å². The molecule has 19 heavy (non-hydrogen) atoms. The first-order chi connectivity index (χ1) is 9.17. The van der Waals surface area contributed by atoms with Crippen LogP contribution >= 0.6 is 15.9 Å². The van der Waals surface area contributed by atoms with Crippen molar-refractivity contribution in [2.75, 3.05) is 13.7 Å². The number of furan rings is 1. The molecule has 2 aromatic rings. The Kier molecular flexibility index (Phi) is 4.66. The van der Waals surface area contributed by atoms with Crippen LogP contribution in [0.15, 0.2) is 39.4 Å². The number of ether oxygens (including phenoxy) is 1. The second-order valence-electron chi connectivity index (χ2n) is 4.27. The maximum absolute atomic E-state index is 5.50. The molecule has 2 rings (SSSR count). The Bertz CT molecular complexity index is 551. The highest BCUT2D eigenvalue weighted by atomic mass is 79.9. The van der Waals surface area contributed by atoms with E-state index in [1.165, 1.54) is 0 Å². The fourth-order valence-electron chi connectivity index (χ4n) is 2.17. The molecule has 0 saturated heterocycles. The first-order valence-corrected chi connectivity index (χ1v) is 7.10. The fourth-order valence-corrected chi connectivity index (χ4v) is 2.76. The van der Waals surface area contributed by atoms with Gasteiger partial charge in [0, 0.05) is 10.0 Å². The van der Waals surface area contributed by atoms with E-state index in [1.54, 1.807) is 6.26 Å². The maximum Gasteiger partial charge on any atom is 0.120 e. The predicted molar refractivity (Wildman–Crippen MR) is 79.7 cm³/mol. The van der Waals surface area contributed by atoms with Crippen LogP contribution in [0.1, 0.15) is 29.9 Å². The number of aryl methyl sites for hydroxylation is 1. The number of rotatable bonds is 5. The van der Waals surface area contributed by atoms with Gasteiger partial charge < -0.3 is 14.5 Å². The average Bonchev–Trinajstić information content (AvgIpc) is 2.80. The molecule has 0 fully saturated rings. The molecule has 0 saturated carbocycles. The molecule has 1 atom stereocenters. The van der Waals surface area contributed by atoms with Crippen LogP contribution in [0.5, 0.6) is 5.75 Å². The van der Waals surface area contributed by atoms with Gasteiger partial charge in [0.2, 0.25) is 0 Å². The zero-order valence-electron chi connectivity index (χ0n) is 11.4. The maximum atomic E-state index is 5.50. The van der Waals surface area contributed by atoms with Crippen molar-refractivity contribution in [1.82, 2.24) is 5.32 Å². The van der Waals surface area contributed by atoms with E-state index in [1.807, 2.05) is 39.1 Å². The van der Waals surface area contributed by atoms with Crippen molar-refractivity contribution in [1.29, 1.82) is 0 Å². The predicted octanol–water partition coefficient (Wildman–Crippen LogP) is 4.06. The lowest BCUT2D eigenvalue weighted by molar-refractivity contribution is 0.340. The van der Waals surface area contributed by atoms with Gasteiger partial charge in [0.25, 0.3) is 0 Å². The van der Waals surface area contributed by atoms with Crippen LogP contribution in [0.2, 0.25) is 0 Å². The summed E-state index contributed by atoms with van der Waals surface area (Å²) in [5.41, 5.74) is 2.31. The molecule has 4 heteroatoms. The van der Waals surface area contributed by atoms with E-state index in [0.717, 1.165) is 27.1 Å². The Labute approximate surface area is 122 Å². The van der Waals surface area contributed by atoms with Gasteiger partial charge in [-0.1, -0.05) is 22.0 Å². The zero-order chi connectivity index (χ0) is 13.8. The van der Waals surface area contributed by atoms with Gasteiger partial charge in [0.1, 0.15) is 11.5 Å². The van der Waals surface area contributed by atoms with E-state index < -0.39 is 0 Å². The molecule has 0 spiro atoms. The lowest BCUT2D eigenvalue weighted by atomic mass is 9.99. The summed E-state index contributed by atoms with van der Waals surface area (Å²) in [7, 11) is 1.94. The Hall–Kier alpha value is -1.26. The lowest BCUT2D eigenvalue weighted by Gasteiger charge is -2.18. The third-order valence-corrected chi connectivity index (χ3v) is 3.78. The molecular formula is C15H18BrNO2. The van der Waals surface area contributed by atoms with Gasteiger partial charge in [-0.25, -0.2) is 0 Å². The van der Waals surface area contributed by atoms with Crippen LogP contribution in [0, 0.1) is 6.92 Å². The standard InChI is InChI=1S/C15H18BrNO2/c1-4-18-11-5-6-13(14(16)9-11)15(17-3)12-7-8-19-10(12)2/h5-9,15,17H,4H2,1-3H3. The van der Waals surface area contributed by atoms with E-state index in [-0.39, 0.29) is 6.04 Å². The van der Waals surface area contributed by atoms with Crippen LogP contribution in [-0.4, -0.2) is 13.7 Å². The Balaban J connectivity index is 2.36. The molecule has 0 amide bonds. The molecule has 0 radical (unpaired) electrons. The molecule has 1 N–H and O–H groups in total. The summed E-state index contributed by atoms with van der Waals surface area (Å²) in [6, 6.07) is 8.16. The number of benzene rings is 1. The van der Waals surface area contributed by atoms with E-state index in [4.69, 9.17) is 9.15 Å². The van der Waals surface area contributed by atoms with Gasteiger partial charge in [-0.15, -0.1) is 0 Å². The smallest absolute Gasteiger partial charge is 0.120 e. The molecular weight excluding hydrogens is 306 g/mol. The van der Waals surface area contributed by atoms with E-state index >= 15 is 0 Å². The highest BCUT2D eigenvalue weighted by Crippen LogP contribution is 2.32. The van der Waals surface area contributed by atoms with Gasteiger partial charge in [0.15, 0.2) is 0 Å². The minimum atomic E-state index is 0.101. The third-order valence-electron chi connectivity index (χ3n) is 3.09. The van der Waals surface area contributed by atoms with Crippen molar-refractivity contribution >= 4 is 15.9 Å². The number of hydrogen-bond acceptors (Lipinski definition) is 3. The summed E-state index contributed by atoms with van der Waals surface area (Å²) >= 11 is 3.62. The summed E-state index contributed by atoms with van der Waals surface area (Å²) < 4.78 is 11.9. The van der Waals surface area contributed by atoms with Crippen molar-refractivity contribution < 1.29 is 9.15 Å². The summed E-state index contributed by atoms with van der Waals surface area (Å²) in [4.78, 5) is 0. The number of halogens is 1. The van der Waals surface area contributed by atoms with E-state index in [0.29, 0.717) is 6.61 Å². The van der Waals surface area contributed by atoms with Crippen LogP contribution in [0.4, 0.5) is 0 Å². The highest BCUT2D eigenvalue weighted by molar-refractivity contribution is 9.10. The molecule has 0 bridgehead atoms. The minimum absolute atomic E-state index is 0.101. The topological polar surface area (TPSA) is 34.4 Å². The lowest BCUT2D eigenvalue weighted by Crippen LogP contribution is -2.18. The van der Waals surface area contributed by atoms with E-state index in [9.17, 15) is 0 Å². The van der Waals surface area contributed by atoms with Crippen LogP contribution < -0.4 is 10.1 Å². The molecule has 1 heterocycles. The summed E-state index contributed by atoms with van der Waals surface area (Å²) in [5, 5.41) is 3.32. The second kappa shape index (κ2) is 6.26.